The number of rotatable bonds is 4. The molecule has 0 spiro atoms. The van der Waals surface area contributed by atoms with Gasteiger partial charge in [-0.3, -0.25) is 0 Å². The summed E-state index contributed by atoms with van der Waals surface area (Å²) in [5.74, 6) is 0.856. The van der Waals surface area contributed by atoms with Crippen LogP contribution in [0.2, 0.25) is 0 Å². The van der Waals surface area contributed by atoms with Gasteiger partial charge < -0.3 is 0 Å². The molecule has 1 unspecified atom stereocenters. The van der Waals surface area contributed by atoms with Gasteiger partial charge >= 0.3 is 0 Å². The van der Waals surface area contributed by atoms with Crippen molar-refractivity contribution in [1.82, 2.24) is 0 Å². The van der Waals surface area contributed by atoms with E-state index in [-0.39, 0.29) is 0 Å². The van der Waals surface area contributed by atoms with E-state index >= 15 is 0 Å². The van der Waals surface area contributed by atoms with Crippen LogP contribution in [0.25, 0.3) is 0 Å². The van der Waals surface area contributed by atoms with Crippen molar-refractivity contribution < 1.29 is 0 Å². The van der Waals surface area contributed by atoms with Crippen LogP contribution < -0.4 is 0 Å². The molecule has 0 fully saturated rings. The second kappa shape index (κ2) is 5.23. The van der Waals surface area contributed by atoms with Crippen molar-refractivity contribution in [3.05, 3.63) is 0 Å². The number of thiocarbonyl (C=S) groups is 1. The molecule has 0 nitrogen and oxygen atoms in total. The fourth-order valence-electron chi connectivity index (χ4n) is 0.557. The van der Waals surface area contributed by atoms with Gasteiger partial charge in [0, 0.05) is 0 Å². The molecule has 0 rings (SSSR count). The van der Waals surface area contributed by atoms with Crippen molar-refractivity contribution in [3.8, 4) is 0 Å². The maximum atomic E-state index is 4.69. The summed E-state index contributed by atoms with van der Waals surface area (Å²) < 4.78 is 0. The minimum absolute atomic E-state index is 0.856. The fourth-order valence-corrected chi connectivity index (χ4v) is 0.693. The molecule has 0 aromatic heterocycles. The first-order valence-corrected chi connectivity index (χ1v) is 3.72. The van der Waals surface area contributed by atoms with Gasteiger partial charge in [-0.1, -0.05) is 32.5 Å². The summed E-state index contributed by atoms with van der Waals surface area (Å²) in [5, 5.41) is 1.83. The SMILES string of the molecule is CCC(C)CCC=S. The third kappa shape index (κ3) is 4.25. The molecule has 0 aliphatic carbocycles. The second-order valence-corrected chi connectivity index (χ2v) is 2.59. The topological polar surface area (TPSA) is 0 Å². The summed E-state index contributed by atoms with van der Waals surface area (Å²) in [4.78, 5) is 0. The lowest BCUT2D eigenvalue weighted by Gasteiger charge is -2.02. The van der Waals surface area contributed by atoms with Crippen LogP contribution in [0.4, 0.5) is 0 Å². The monoisotopic (exact) mass is 130 g/mol. The predicted octanol–water partition coefficient (Wildman–Crippen LogP) is 2.81. The zero-order valence-electron chi connectivity index (χ0n) is 5.68. The van der Waals surface area contributed by atoms with E-state index in [1.807, 2.05) is 5.37 Å². The quantitative estimate of drug-likeness (QED) is 0.527. The highest BCUT2D eigenvalue weighted by atomic mass is 32.1. The largest absolute Gasteiger partial charge is 0.0935 e. The van der Waals surface area contributed by atoms with Crippen molar-refractivity contribution >= 4 is 17.6 Å². The first-order chi connectivity index (χ1) is 3.81. The van der Waals surface area contributed by atoms with Crippen molar-refractivity contribution in [3.63, 3.8) is 0 Å². The Hall–Kier alpha value is 0.0900. The van der Waals surface area contributed by atoms with Crippen LogP contribution in [-0.4, -0.2) is 5.37 Å². The lowest BCUT2D eigenvalue weighted by molar-refractivity contribution is 0.531. The van der Waals surface area contributed by atoms with E-state index in [1.165, 1.54) is 12.8 Å². The number of hydrogen-bond acceptors (Lipinski definition) is 1. The van der Waals surface area contributed by atoms with E-state index in [0.717, 1.165) is 12.3 Å². The number of hydrogen-bond donors (Lipinski definition) is 0. The van der Waals surface area contributed by atoms with Gasteiger partial charge in [0.1, 0.15) is 0 Å². The standard InChI is InChI=1S/C7H14S/c1-3-7(2)5-4-6-8/h6-7H,3-5H2,1-2H3. The second-order valence-electron chi connectivity index (χ2n) is 2.26. The van der Waals surface area contributed by atoms with Crippen LogP contribution in [0, 0.1) is 5.92 Å². The molecule has 0 radical (unpaired) electrons. The summed E-state index contributed by atoms with van der Waals surface area (Å²) in [6.45, 7) is 4.48. The Morgan fingerprint density at radius 1 is 1.62 bits per heavy atom. The Kier molecular flexibility index (Phi) is 5.29. The average molecular weight is 130 g/mol. The highest BCUT2D eigenvalue weighted by Crippen LogP contribution is 2.07. The van der Waals surface area contributed by atoms with E-state index in [1.54, 1.807) is 0 Å². The zero-order chi connectivity index (χ0) is 6.41. The van der Waals surface area contributed by atoms with Gasteiger partial charge in [0.25, 0.3) is 0 Å². The normalized spacial score (nSPS) is 13.2. The lowest BCUT2D eigenvalue weighted by Crippen LogP contribution is -1.90. The Balaban J connectivity index is 2.97. The molecule has 8 heavy (non-hydrogen) atoms. The fraction of sp³-hybridized carbons (Fsp3) is 0.857. The first-order valence-electron chi connectivity index (χ1n) is 3.24. The summed E-state index contributed by atoms with van der Waals surface area (Å²) in [6, 6.07) is 0. The molecule has 1 heteroatoms. The van der Waals surface area contributed by atoms with Gasteiger partial charge in [0.05, 0.1) is 0 Å². The van der Waals surface area contributed by atoms with E-state index in [4.69, 9.17) is 12.2 Å². The molecule has 0 bridgehead atoms. The minimum atomic E-state index is 0.856. The molecule has 0 heterocycles. The molecule has 0 N–H and O–H groups in total. The van der Waals surface area contributed by atoms with Crippen molar-refractivity contribution in [2.75, 3.05) is 0 Å². The molecular weight excluding hydrogens is 116 g/mol. The summed E-state index contributed by atoms with van der Waals surface area (Å²) in [7, 11) is 0. The van der Waals surface area contributed by atoms with Gasteiger partial charge in [-0.15, -0.1) is 0 Å². The van der Waals surface area contributed by atoms with Gasteiger partial charge in [-0.25, -0.2) is 0 Å². The molecule has 0 saturated carbocycles. The van der Waals surface area contributed by atoms with Crippen molar-refractivity contribution in [1.29, 1.82) is 0 Å². The van der Waals surface area contributed by atoms with Crippen LogP contribution in [0.15, 0.2) is 0 Å². The molecule has 0 aliphatic heterocycles. The Morgan fingerprint density at radius 2 is 2.25 bits per heavy atom. The van der Waals surface area contributed by atoms with Gasteiger partial charge in [0.2, 0.25) is 0 Å². The van der Waals surface area contributed by atoms with Crippen molar-refractivity contribution in [2.45, 2.75) is 33.1 Å². The first kappa shape index (κ1) is 8.09. The van der Waals surface area contributed by atoms with Crippen LogP contribution >= 0.6 is 12.2 Å². The molecule has 0 aliphatic rings. The van der Waals surface area contributed by atoms with Gasteiger partial charge in [0.15, 0.2) is 0 Å². The van der Waals surface area contributed by atoms with E-state index in [0.29, 0.717) is 0 Å². The smallest absolute Gasteiger partial charge is 0.0210 e. The molecule has 0 aromatic carbocycles. The molecular formula is C7H14S. The summed E-state index contributed by atoms with van der Waals surface area (Å²) in [6.07, 6.45) is 3.65. The highest BCUT2D eigenvalue weighted by molar-refractivity contribution is 7.78. The average Bonchev–Trinajstić information content (AvgIpc) is 1.83. The Morgan fingerprint density at radius 3 is 2.62 bits per heavy atom. The Bertz CT molecular complexity index is 59.4. The lowest BCUT2D eigenvalue weighted by atomic mass is 10.0. The summed E-state index contributed by atoms with van der Waals surface area (Å²) in [5.41, 5.74) is 0. The molecule has 0 aromatic rings. The van der Waals surface area contributed by atoms with Crippen molar-refractivity contribution in [2.24, 2.45) is 5.92 Å². The van der Waals surface area contributed by atoms with Crippen LogP contribution in [0.5, 0.6) is 0 Å². The van der Waals surface area contributed by atoms with E-state index in [9.17, 15) is 0 Å². The summed E-state index contributed by atoms with van der Waals surface area (Å²) >= 11 is 4.69. The van der Waals surface area contributed by atoms with E-state index < -0.39 is 0 Å². The Labute approximate surface area is 57.3 Å². The van der Waals surface area contributed by atoms with Gasteiger partial charge in [-0.2, -0.15) is 0 Å². The molecule has 0 saturated heterocycles. The molecule has 48 valence electrons. The maximum Gasteiger partial charge on any atom is -0.0210 e. The highest BCUT2D eigenvalue weighted by Gasteiger charge is 1.94. The van der Waals surface area contributed by atoms with Crippen LogP contribution in [0.1, 0.15) is 33.1 Å². The van der Waals surface area contributed by atoms with Crippen LogP contribution in [0.3, 0.4) is 0 Å². The van der Waals surface area contributed by atoms with Crippen LogP contribution in [-0.2, 0) is 0 Å². The van der Waals surface area contributed by atoms with E-state index in [2.05, 4.69) is 13.8 Å². The third-order valence-corrected chi connectivity index (χ3v) is 1.71. The predicted molar refractivity (Wildman–Crippen MR) is 42.3 cm³/mol. The minimum Gasteiger partial charge on any atom is -0.0935 e. The molecule has 1 atom stereocenters. The zero-order valence-corrected chi connectivity index (χ0v) is 6.50. The maximum absolute atomic E-state index is 4.69. The van der Waals surface area contributed by atoms with Gasteiger partial charge in [-0.05, 0) is 24.1 Å². The molecule has 0 amide bonds. The third-order valence-electron chi connectivity index (χ3n) is 1.47.